The van der Waals surface area contributed by atoms with Gasteiger partial charge in [-0.2, -0.15) is 18.4 Å². The molecule has 4 nitrogen and oxygen atoms in total. The third-order valence-corrected chi connectivity index (χ3v) is 2.27. The summed E-state index contributed by atoms with van der Waals surface area (Å²) in [6.45, 7) is -1.22. The molecule has 7 heteroatoms. The second kappa shape index (κ2) is 3.66. The lowest BCUT2D eigenvalue weighted by Gasteiger charge is -2.09. The molecule has 17 heavy (non-hydrogen) atoms. The molecule has 0 radical (unpaired) electrons. The van der Waals surface area contributed by atoms with Crippen molar-refractivity contribution < 1.29 is 13.2 Å². The molecule has 0 aliphatic carbocycles. The Bertz CT molecular complexity index is 606. The van der Waals surface area contributed by atoms with Gasteiger partial charge in [0.2, 0.25) is 5.95 Å². The highest BCUT2D eigenvalue weighted by atomic mass is 19.4. The number of anilines is 1. The van der Waals surface area contributed by atoms with Gasteiger partial charge in [-0.25, -0.2) is 4.98 Å². The Morgan fingerprint density at radius 1 is 1.41 bits per heavy atom. The zero-order valence-electron chi connectivity index (χ0n) is 8.49. The van der Waals surface area contributed by atoms with E-state index in [1.165, 1.54) is 18.2 Å². The van der Waals surface area contributed by atoms with Crippen molar-refractivity contribution in [2.24, 2.45) is 0 Å². The van der Waals surface area contributed by atoms with Gasteiger partial charge in [-0.1, -0.05) is 6.07 Å². The molecule has 0 unspecified atom stereocenters. The molecule has 0 aliphatic heterocycles. The number of para-hydroxylation sites is 1. The second-order valence-corrected chi connectivity index (χ2v) is 3.46. The fourth-order valence-electron chi connectivity index (χ4n) is 1.60. The number of hydrogen-bond donors (Lipinski definition) is 1. The van der Waals surface area contributed by atoms with Gasteiger partial charge in [0.1, 0.15) is 18.1 Å². The summed E-state index contributed by atoms with van der Waals surface area (Å²) in [4.78, 5) is 3.79. The Balaban J connectivity index is 2.65. The van der Waals surface area contributed by atoms with Crippen LogP contribution in [0.5, 0.6) is 0 Å². The van der Waals surface area contributed by atoms with Gasteiger partial charge >= 0.3 is 6.18 Å². The molecule has 0 amide bonds. The summed E-state index contributed by atoms with van der Waals surface area (Å²) < 4.78 is 37.9. The predicted molar refractivity (Wildman–Crippen MR) is 54.9 cm³/mol. The zero-order valence-corrected chi connectivity index (χ0v) is 8.49. The SMILES string of the molecule is N#Cc1cccc2c1nc(N)n2CC(F)(F)F. The summed E-state index contributed by atoms with van der Waals surface area (Å²) in [6.07, 6.45) is -4.38. The summed E-state index contributed by atoms with van der Waals surface area (Å²) >= 11 is 0. The van der Waals surface area contributed by atoms with Gasteiger partial charge in [-0.05, 0) is 12.1 Å². The molecule has 0 fully saturated rings. The lowest BCUT2D eigenvalue weighted by molar-refractivity contribution is -0.139. The first-order valence-electron chi connectivity index (χ1n) is 4.64. The monoisotopic (exact) mass is 240 g/mol. The molecular weight excluding hydrogens is 233 g/mol. The number of nitrogens with zero attached hydrogens (tertiary/aromatic N) is 3. The summed E-state index contributed by atoms with van der Waals surface area (Å²) in [7, 11) is 0. The highest BCUT2D eigenvalue weighted by Gasteiger charge is 2.30. The first kappa shape index (κ1) is 11.3. The number of nitrogens with two attached hydrogens (primary N) is 1. The number of hydrogen-bond acceptors (Lipinski definition) is 3. The number of aromatic nitrogens is 2. The van der Waals surface area contributed by atoms with Crippen LogP contribution in [-0.4, -0.2) is 15.7 Å². The van der Waals surface area contributed by atoms with E-state index in [1.807, 2.05) is 6.07 Å². The molecule has 0 spiro atoms. The van der Waals surface area contributed by atoms with E-state index in [4.69, 9.17) is 11.0 Å². The lowest BCUT2D eigenvalue weighted by atomic mass is 10.2. The van der Waals surface area contributed by atoms with Crippen molar-refractivity contribution in [1.82, 2.24) is 9.55 Å². The summed E-state index contributed by atoms with van der Waals surface area (Å²) in [5.74, 6) is -0.250. The molecule has 1 aromatic heterocycles. The standard InChI is InChI=1S/C10H7F3N4/c11-10(12,13)5-17-7-3-1-2-6(4-14)8(7)16-9(17)15/h1-3H,5H2,(H2,15,16). The maximum atomic E-state index is 12.3. The average molecular weight is 240 g/mol. The van der Waals surface area contributed by atoms with Crippen LogP contribution in [0.3, 0.4) is 0 Å². The van der Waals surface area contributed by atoms with E-state index < -0.39 is 12.7 Å². The second-order valence-electron chi connectivity index (χ2n) is 3.46. The highest BCUT2D eigenvalue weighted by Crippen LogP contribution is 2.25. The summed E-state index contributed by atoms with van der Waals surface area (Å²) in [5, 5.41) is 8.81. The van der Waals surface area contributed by atoms with Crippen molar-refractivity contribution >= 4 is 17.0 Å². The van der Waals surface area contributed by atoms with Crippen LogP contribution < -0.4 is 5.73 Å². The molecule has 1 heterocycles. The van der Waals surface area contributed by atoms with Crippen LogP contribution >= 0.6 is 0 Å². The van der Waals surface area contributed by atoms with E-state index in [0.29, 0.717) is 0 Å². The molecule has 0 bridgehead atoms. The first-order valence-corrected chi connectivity index (χ1v) is 4.64. The molecule has 2 N–H and O–H groups in total. The van der Waals surface area contributed by atoms with Gasteiger partial charge in [0.15, 0.2) is 0 Å². The quantitative estimate of drug-likeness (QED) is 0.829. The van der Waals surface area contributed by atoms with E-state index in [2.05, 4.69) is 4.98 Å². The minimum atomic E-state index is -4.38. The largest absolute Gasteiger partial charge is 0.406 e. The molecule has 88 valence electrons. The number of nitrogen functional groups attached to an aromatic ring is 1. The van der Waals surface area contributed by atoms with Crippen LogP contribution in [0.2, 0.25) is 0 Å². The molecule has 0 atom stereocenters. The normalized spacial score (nSPS) is 11.6. The number of nitriles is 1. The van der Waals surface area contributed by atoms with Gasteiger partial charge < -0.3 is 10.3 Å². The van der Waals surface area contributed by atoms with E-state index in [9.17, 15) is 13.2 Å². The van der Waals surface area contributed by atoms with Crippen LogP contribution in [0.15, 0.2) is 18.2 Å². The Hall–Kier alpha value is -2.23. The van der Waals surface area contributed by atoms with Gasteiger partial charge in [0.05, 0.1) is 11.1 Å². The maximum Gasteiger partial charge on any atom is 0.406 e. The van der Waals surface area contributed by atoms with Gasteiger partial charge in [-0.3, -0.25) is 0 Å². The maximum absolute atomic E-state index is 12.3. The van der Waals surface area contributed by atoms with Crippen LogP contribution in [0.25, 0.3) is 11.0 Å². The van der Waals surface area contributed by atoms with Gasteiger partial charge in [0.25, 0.3) is 0 Å². The van der Waals surface area contributed by atoms with Crippen molar-refractivity contribution in [2.75, 3.05) is 5.73 Å². The van der Waals surface area contributed by atoms with Crippen molar-refractivity contribution in [2.45, 2.75) is 12.7 Å². The zero-order chi connectivity index (χ0) is 12.6. The van der Waals surface area contributed by atoms with Crippen LogP contribution in [0.1, 0.15) is 5.56 Å². The summed E-state index contributed by atoms with van der Waals surface area (Å²) in [6, 6.07) is 6.28. The van der Waals surface area contributed by atoms with Crippen LogP contribution in [0, 0.1) is 11.3 Å². The minimum absolute atomic E-state index is 0.191. The number of benzene rings is 1. The van der Waals surface area contributed by atoms with E-state index in [0.717, 1.165) is 4.57 Å². The molecule has 2 rings (SSSR count). The topological polar surface area (TPSA) is 67.6 Å². The third-order valence-electron chi connectivity index (χ3n) is 2.27. The fourth-order valence-corrected chi connectivity index (χ4v) is 1.60. The Morgan fingerprint density at radius 3 is 2.71 bits per heavy atom. The van der Waals surface area contributed by atoms with E-state index >= 15 is 0 Å². The number of rotatable bonds is 1. The number of halogens is 3. The molecule has 1 aromatic carbocycles. The van der Waals surface area contributed by atoms with Crippen molar-refractivity contribution in [3.05, 3.63) is 23.8 Å². The Labute approximate surface area is 94.1 Å². The van der Waals surface area contributed by atoms with Crippen molar-refractivity contribution in [1.29, 1.82) is 5.26 Å². The Morgan fingerprint density at radius 2 is 2.12 bits per heavy atom. The number of fused-ring (bicyclic) bond motifs is 1. The molecular formula is C10H7F3N4. The fraction of sp³-hybridized carbons (Fsp3) is 0.200. The van der Waals surface area contributed by atoms with Crippen molar-refractivity contribution in [3.63, 3.8) is 0 Å². The number of imidazole rings is 1. The molecule has 2 aromatic rings. The predicted octanol–water partition coefficient (Wildman–Crippen LogP) is 2.05. The third kappa shape index (κ3) is 2.01. The average Bonchev–Trinajstić information content (AvgIpc) is 2.53. The van der Waals surface area contributed by atoms with E-state index in [-0.39, 0.29) is 22.5 Å². The molecule has 0 aliphatic rings. The first-order chi connectivity index (χ1) is 7.92. The highest BCUT2D eigenvalue weighted by molar-refractivity contribution is 5.83. The van der Waals surface area contributed by atoms with Gasteiger partial charge in [0, 0.05) is 0 Å². The van der Waals surface area contributed by atoms with E-state index in [1.54, 1.807) is 0 Å². The smallest absolute Gasteiger partial charge is 0.369 e. The minimum Gasteiger partial charge on any atom is -0.369 e. The van der Waals surface area contributed by atoms with Gasteiger partial charge in [-0.15, -0.1) is 0 Å². The van der Waals surface area contributed by atoms with Crippen LogP contribution in [0.4, 0.5) is 19.1 Å². The van der Waals surface area contributed by atoms with Crippen LogP contribution in [-0.2, 0) is 6.54 Å². The summed E-state index contributed by atoms with van der Waals surface area (Å²) in [5.41, 5.74) is 6.03. The van der Waals surface area contributed by atoms with Crippen molar-refractivity contribution in [3.8, 4) is 6.07 Å². The molecule has 0 saturated heterocycles. The lowest BCUT2D eigenvalue weighted by Crippen LogP contribution is -2.19. The molecule has 0 saturated carbocycles. The number of alkyl halides is 3. The Kier molecular flexibility index (Phi) is 2.42.